The fraction of sp³-hybridized carbons (Fsp3) is 0.455. The Morgan fingerprint density at radius 3 is 2.65 bits per heavy atom. The first kappa shape index (κ1) is 18.9. The lowest BCUT2D eigenvalue weighted by Crippen LogP contribution is -2.39. The van der Waals surface area contributed by atoms with Gasteiger partial charge >= 0.3 is 0 Å². The fourth-order valence-electron chi connectivity index (χ4n) is 3.38. The summed E-state index contributed by atoms with van der Waals surface area (Å²) in [5.41, 5.74) is 2.33. The number of aliphatic hydroxyl groups excluding tert-OH is 1. The lowest BCUT2D eigenvalue weighted by Gasteiger charge is -2.27. The smallest absolute Gasteiger partial charge is 0.122 e. The van der Waals surface area contributed by atoms with Crippen molar-refractivity contribution in [2.75, 3.05) is 26.3 Å². The molecular formula is C22H29NO3. The molecule has 1 aliphatic rings. The number of hydrogen-bond donors (Lipinski definition) is 1. The topological polar surface area (TPSA) is 41.9 Å². The molecule has 1 N–H and O–H groups in total. The number of rotatable bonds is 9. The van der Waals surface area contributed by atoms with E-state index in [-0.39, 0.29) is 6.10 Å². The van der Waals surface area contributed by atoms with Crippen molar-refractivity contribution in [1.82, 2.24) is 4.90 Å². The molecule has 2 aromatic carbocycles. The average molecular weight is 355 g/mol. The lowest BCUT2D eigenvalue weighted by atomic mass is 10.1. The minimum Gasteiger partial charge on any atom is -0.491 e. The van der Waals surface area contributed by atoms with Crippen molar-refractivity contribution < 1.29 is 14.6 Å². The highest BCUT2D eigenvalue weighted by Gasteiger charge is 2.21. The Morgan fingerprint density at radius 1 is 1.15 bits per heavy atom. The predicted molar refractivity (Wildman–Crippen MR) is 103 cm³/mol. The molecule has 0 aliphatic carbocycles. The molecule has 0 aromatic heterocycles. The highest BCUT2D eigenvalue weighted by molar-refractivity contribution is 5.31. The average Bonchev–Trinajstić information content (AvgIpc) is 3.15. The second-order valence-corrected chi connectivity index (χ2v) is 7.05. The van der Waals surface area contributed by atoms with Gasteiger partial charge in [0.15, 0.2) is 0 Å². The Kier molecular flexibility index (Phi) is 7.06. The molecule has 1 heterocycles. The molecule has 140 valence electrons. The first-order valence-corrected chi connectivity index (χ1v) is 9.45. The maximum Gasteiger partial charge on any atom is 0.122 e. The first-order valence-electron chi connectivity index (χ1n) is 9.45. The van der Waals surface area contributed by atoms with Gasteiger partial charge in [-0.05, 0) is 37.0 Å². The van der Waals surface area contributed by atoms with Gasteiger partial charge in [0.05, 0.1) is 6.10 Å². The molecule has 0 bridgehead atoms. The lowest BCUT2D eigenvalue weighted by molar-refractivity contribution is 0.0313. The van der Waals surface area contributed by atoms with Crippen LogP contribution in [0.25, 0.3) is 0 Å². The van der Waals surface area contributed by atoms with Gasteiger partial charge in [-0.2, -0.15) is 0 Å². The molecule has 4 heteroatoms. The fourth-order valence-corrected chi connectivity index (χ4v) is 3.38. The second-order valence-electron chi connectivity index (χ2n) is 7.05. The highest BCUT2D eigenvalue weighted by atomic mass is 16.5. The van der Waals surface area contributed by atoms with Crippen molar-refractivity contribution >= 4 is 0 Å². The zero-order valence-corrected chi connectivity index (χ0v) is 15.5. The number of ether oxygens (including phenoxy) is 2. The van der Waals surface area contributed by atoms with Crippen LogP contribution in [0, 0.1) is 6.92 Å². The molecule has 0 spiro atoms. The van der Waals surface area contributed by atoms with Crippen LogP contribution in [-0.2, 0) is 11.3 Å². The third-order valence-corrected chi connectivity index (χ3v) is 4.73. The predicted octanol–water partition coefficient (Wildman–Crippen LogP) is 3.42. The van der Waals surface area contributed by atoms with E-state index >= 15 is 0 Å². The number of para-hydroxylation sites is 1. The zero-order valence-electron chi connectivity index (χ0n) is 15.5. The van der Waals surface area contributed by atoms with Gasteiger partial charge in [0.2, 0.25) is 0 Å². The van der Waals surface area contributed by atoms with Crippen molar-refractivity contribution in [2.45, 2.75) is 38.5 Å². The summed E-state index contributed by atoms with van der Waals surface area (Å²) in [7, 11) is 0. The maximum atomic E-state index is 10.5. The quantitative estimate of drug-likeness (QED) is 0.748. The monoisotopic (exact) mass is 355 g/mol. The molecule has 4 nitrogen and oxygen atoms in total. The Balaban J connectivity index is 1.55. The molecule has 0 unspecified atom stereocenters. The molecule has 1 fully saturated rings. The number of aryl methyl sites for hydroxylation is 1. The summed E-state index contributed by atoms with van der Waals surface area (Å²) in [5.74, 6) is 0.834. The van der Waals surface area contributed by atoms with Crippen LogP contribution in [0.4, 0.5) is 0 Å². The van der Waals surface area contributed by atoms with Gasteiger partial charge in [-0.15, -0.1) is 0 Å². The van der Waals surface area contributed by atoms with E-state index in [0.29, 0.717) is 13.2 Å². The SMILES string of the molecule is Cc1ccccc1OC[C@@H](O)CN(Cc1ccccc1)C[C@@H]1CCCO1. The maximum absolute atomic E-state index is 10.5. The van der Waals surface area contributed by atoms with E-state index in [2.05, 4.69) is 29.2 Å². The minimum absolute atomic E-state index is 0.267. The molecule has 1 aliphatic heterocycles. The van der Waals surface area contributed by atoms with Crippen LogP contribution in [0.15, 0.2) is 54.6 Å². The van der Waals surface area contributed by atoms with E-state index in [4.69, 9.17) is 9.47 Å². The minimum atomic E-state index is -0.542. The zero-order chi connectivity index (χ0) is 18.2. The molecule has 0 saturated carbocycles. The largest absolute Gasteiger partial charge is 0.491 e. The second kappa shape index (κ2) is 9.72. The normalized spacial score (nSPS) is 18.2. The van der Waals surface area contributed by atoms with Crippen LogP contribution in [-0.4, -0.2) is 48.5 Å². The molecule has 0 radical (unpaired) electrons. The number of nitrogens with zero attached hydrogens (tertiary/aromatic N) is 1. The van der Waals surface area contributed by atoms with Crippen molar-refractivity contribution in [3.05, 3.63) is 65.7 Å². The van der Waals surface area contributed by atoms with Crippen molar-refractivity contribution in [1.29, 1.82) is 0 Å². The van der Waals surface area contributed by atoms with Crippen LogP contribution in [0.2, 0.25) is 0 Å². The van der Waals surface area contributed by atoms with Crippen LogP contribution >= 0.6 is 0 Å². The van der Waals surface area contributed by atoms with Crippen molar-refractivity contribution in [3.63, 3.8) is 0 Å². The van der Waals surface area contributed by atoms with Crippen molar-refractivity contribution in [3.8, 4) is 5.75 Å². The molecule has 26 heavy (non-hydrogen) atoms. The van der Waals surface area contributed by atoms with Gasteiger partial charge in [-0.3, -0.25) is 4.90 Å². The summed E-state index contributed by atoms with van der Waals surface area (Å²) in [5, 5.41) is 10.5. The molecule has 1 saturated heterocycles. The molecular weight excluding hydrogens is 326 g/mol. The van der Waals surface area contributed by atoms with E-state index < -0.39 is 6.10 Å². The molecule has 0 amide bonds. The standard InChI is InChI=1S/C22H29NO3/c1-18-8-5-6-12-22(18)26-17-20(24)15-23(16-21-11-7-13-25-21)14-19-9-3-2-4-10-19/h2-6,8-10,12,20-21,24H,7,11,13-17H2,1H3/t20-,21-/m0/s1. The summed E-state index contributed by atoms with van der Waals surface area (Å²) in [6.45, 7) is 5.38. The summed E-state index contributed by atoms with van der Waals surface area (Å²) < 4.78 is 11.6. The first-order chi connectivity index (χ1) is 12.7. The van der Waals surface area contributed by atoms with Gasteiger partial charge in [0.25, 0.3) is 0 Å². The van der Waals surface area contributed by atoms with E-state index in [1.807, 2.05) is 37.3 Å². The Morgan fingerprint density at radius 2 is 1.92 bits per heavy atom. The van der Waals surface area contributed by atoms with Gasteiger partial charge in [-0.25, -0.2) is 0 Å². The summed E-state index contributed by atoms with van der Waals surface area (Å²) in [6.07, 6.45) is 1.95. The van der Waals surface area contributed by atoms with E-state index in [0.717, 1.165) is 43.9 Å². The van der Waals surface area contributed by atoms with Crippen LogP contribution < -0.4 is 4.74 Å². The molecule has 3 rings (SSSR count). The van der Waals surface area contributed by atoms with E-state index in [1.165, 1.54) is 5.56 Å². The Hall–Kier alpha value is -1.88. The molecule has 2 aromatic rings. The van der Waals surface area contributed by atoms with Gasteiger partial charge in [0, 0.05) is 26.2 Å². The summed E-state index contributed by atoms with van der Waals surface area (Å²) in [6, 6.07) is 18.3. The van der Waals surface area contributed by atoms with Gasteiger partial charge in [0.1, 0.15) is 18.5 Å². The van der Waals surface area contributed by atoms with Crippen LogP contribution in [0.1, 0.15) is 24.0 Å². The van der Waals surface area contributed by atoms with E-state index in [1.54, 1.807) is 0 Å². The molecule has 2 atom stereocenters. The number of aliphatic hydroxyl groups is 1. The third kappa shape index (κ3) is 5.84. The summed E-state index contributed by atoms with van der Waals surface area (Å²) in [4.78, 5) is 2.27. The van der Waals surface area contributed by atoms with Gasteiger partial charge in [-0.1, -0.05) is 48.5 Å². The summed E-state index contributed by atoms with van der Waals surface area (Å²) >= 11 is 0. The van der Waals surface area contributed by atoms with E-state index in [9.17, 15) is 5.11 Å². The van der Waals surface area contributed by atoms with Crippen molar-refractivity contribution in [2.24, 2.45) is 0 Å². The van der Waals surface area contributed by atoms with Crippen LogP contribution in [0.3, 0.4) is 0 Å². The Bertz CT molecular complexity index is 655. The number of hydrogen-bond acceptors (Lipinski definition) is 4. The Labute approximate surface area is 156 Å². The highest BCUT2D eigenvalue weighted by Crippen LogP contribution is 2.18. The number of benzene rings is 2. The van der Waals surface area contributed by atoms with Crippen LogP contribution in [0.5, 0.6) is 5.75 Å². The third-order valence-electron chi connectivity index (χ3n) is 4.73. The van der Waals surface area contributed by atoms with Gasteiger partial charge < -0.3 is 14.6 Å².